The number of aryl methyl sites for hydroxylation is 1. The smallest absolute Gasteiger partial charge is 0.217 e. The molecule has 2 aromatic carbocycles. The summed E-state index contributed by atoms with van der Waals surface area (Å²) in [6.07, 6.45) is 1.98. The van der Waals surface area contributed by atoms with Crippen LogP contribution in [-0.4, -0.2) is 62.7 Å². The summed E-state index contributed by atoms with van der Waals surface area (Å²) in [5.41, 5.74) is 2.56. The second-order valence-electron chi connectivity index (χ2n) is 7.14. The average Bonchev–Trinajstić information content (AvgIpc) is 2.74. The summed E-state index contributed by atoms with van der Waals surface area (Å²) in [6.45, 7) is 5.93. The maximum Gasteiger partial charge on any atom is 0.217 e. The van der Waals surface area contributed by atoms with Gasteiger partial charge in [0.1, 0.15) is 12.4 Å². The fourth-order valence-corrected chi connectivity index (χ4v) is 4.65. The van der Waals surface area contributed by atoms with Gasteiger partial charge in [-0.05, 0) is 36.1 Å². The lowest BCUT2D eigenvalue weighted by atomic mass is 10.1. The van der Waals surface area contributed by atoms with E-state index >= 15 is 0 Å². The van der Waals surface area contributed by atoms with Gasteiger partial charge in [0.25, 0.3) is 0 Å². The first-order valence-corrected chi connectivity index (χ1v) is 11.6. The maximum atomic E-state index is 12.6. The van der Waals surface area contributed by atoms with Crippen LogP contribution in [0, 0.1) is 0 Å². The van der Waals surface area contributed by atoms with E-state index in [1.165, 1.54) is 11.1 Å². The van der Waals surface area contributed by atoms with E-state index < -0.39 is 10.0 Å². The van der Waals surface area contributed by atoms with Gasteiger partial charge in [0.15, 0.2) is 0 Å². The third-order valence-electron chi connectivity index (χ3n) is 5.23. The Morgan fingerprint density at radius 2 is 1.57 bits per heavy atom. The fraction of sp³-hybridized carbons (Fsp3) is 0.455. The molecule has 1 saturated heterocycles. The topological polar surface area (TPSA) is 49.9 Å². The summed E-state index contributed by atoms with van der Waals surface area (Å²) < 4.78 is 32.4. The van der Waals surface area contributed by atoms with Crippen molar-refractivity contribution in [3.63, 3.8) is 0 Å². The summed E-state index contributed by atoms with van der Waals surface area (Å²) >= 11 is 0. The molecular formula is C22H30N2O3S. The largest absolute Gasteiger partial charge is 0.492 e. The van der Waals surface area contributed by atoms with E-state index in [0.29, 0.717) is 13.1 Å². The van der Waals surface area contributed by atoms with E-state index in [4.69, 9.17) is 4.74 Å². The van der Waals surface area contributed by atoms with E-state index in [-0.39, 0.29) is 12.4 Å². The van der Waals surface area contributed by atoms with Gasteiger partial charge < -0.3 is 9.64 Å². The number of hydrogen-bond donors (Lipinski definition) is 0. The van der Waals surface area contributed by atoms with Crippen molar-refractivity contribution in [3.8, 4) is 5.75 Å². The van der Waals surface area contributed by atoms with E-state index in [1.54, 1.807) is 4.31 Å². The van der Waals surface area contributed by atoms with Crippen molar-refractivity contribution in [1.82, 2.24) is 9.21 Å². The van der Waals surface area contributed by atoms with E-state index in [9.17, 15) is 8.42 Å². The number of piperazine rings is 1. The molecule has 3 rings (SSSR count). The van der Waals surface area contributed by atoms with Crippen LogP contribution in [0.25, 0.3) is 0 Å². The molecule has 1 fully saturated rings. The number of nitrogens with zero attached hydrogens (tertiary/aromatic N) is 2. The summed E-state index contributed by atoms with van der Waals surface area (Å²) in [5.74, 6) is 0.741. The maximum absolute atomic E-state index is 12.6. The minimum absolute atomic E-state index is 0.0204. The standard InChI is InChI=1S/C22H30N2O3S/c1-2-20-8-10-22(11-9-20)27-18-19-28(25,26)24-16-14-23(15-17-24)13-12-21-6-4-3-5-7-21/h3-11H,2,12-19H2,1H3. The van der Waals surface area contributed by atoms with Gasteiger partial charge in [-0.15, -0.1) is 0 Å². The van der Waals surface area contributed by atoms with Crippen LogP contribution in [0.4, 0.5) is 0 Å². The Hall–Kier alpha value is -1.89. The van der Waals surface area contributed by atoms with Crippen LogP contribution in [0.1, 0.15) is 18.1 Å². The van der Waals surface area contributed by atoms with E-state index in [0.717, 1.165) is 38.2 Å². The van der Waals surface area contributed by atoms with Crippen LogP contribution in [0.2, 0.25) is 0 Å². The highest BCUT2D eigenvalue weighted by atomic mass is 32.2. The Morgan fingerprint density at radius 3 is 2.21 bits per heavy atom. The monoisotopic (exact) mass is 402 g/mol. The van der Waals surface area contributed by atoms with Crippen LogP contribution >= 0.6 is 0 Å². The first kappa shape index (κ1) is 20.8. The Kier molecular flexibility index (Phi) is 7.48. The van der Waals surface area contributed by atoms with Gasteiger partial charge in [-0.2, -0.15) is 4.31 Å². The van der Waals surface area contributed by atoms with Crippen molar-refractivity contribution in [3.05, 3.63) is 65.7 Å². The summed E-state index contributed by atoms with van der Waals surface area (Å²) in [4.78, 5) is 2.34. The Labute approximate surface area is 169 Å². The second-order valence-corrected chi connectivity index (χ2v) is 9.23. The normalized spacial score (nSPS) is 16.2. The third-order valence-corrected chi connectivity index (χ3v) is 7.06. The first-order valence-electron chi connectivity index (χ1n) is 10.0. The molecule has 0 amide bonds. The molecule has 5 nitrogen and oxygen atoms in total. The van der Waals surface area contributed by atoms with Crippen LogP contribution in [0.15, 0.2) is 54.6 Å². The molecule has 0 spiro atoms. The number of rotatable bonds is 9. The van der Waals surface area contributed by atoms with E-state index in [1.807, 2.05) is 30.3 Å². The van der Waals surface area contributed by atoms with Gasteiger partial charge in [-0.25, -0.2) is 8.42 Å². The van der Waals surface area contributed by atoms with Crippen molar-refractivity contribution in [1.29, 1.82) is 0 Å². The molecule has 1 aliphatic heterocycles. The molecule has 0 unspecified atom stereocenters. The minimum atomic E-state index is -3.28. The van der Waals surface area contributed by atoms with Crippen LogP contribution in [-0.2, 0) is 22.9 Å². The Balaban J connectivity index is 1.39. The lowest BCUT2D eigenvalue weighted by Gasteiger charge is -2.34. The van der Waals surface area contributed by atoms with Crippen molar-refractivity contribution >= 4 is 10.0 Å². The number of ether oxygens (including phenoxy) is 1. The van der Waals surface area contributed by atoms with Crippen molar-refractivity contribution in [2.75, 3.05) is 45.1 Å². The molecule has 0 saturated carbocycles. The zero-order chi connectivity index (χ0) is 19.8. The molecular weight excluding hydrogens is 372 g/mol. The van der Waals surface area contributed by atoms with Gasteiger partial charge in [-0.1, -0.05) is 49.4 Å². The highest BCUT2D eigenvalue weighted by Crippen LogP contribution is 2.14. The average molecular weight is 403 g/mol. The molecule has 152 valence electrons. The Bertz CT molecular complexity index is 815. The Morgan fingerprint density at radius 1 is 0.893 bits per heavy atom. The zero-order valence-electron chi connectivity index (χ0n) is 16.6. The number of benzene rings is 2. The summed E-state index contributed by atoms with van der Waals surface area (Å²) in [6, 6.07) is 18.2. The van der Waals surface area contributed by atoms with E-state index in [2.05, 4.69) is 36.1 Å². The van der Waals surface area contributed by atoms with Crippen LogP contribution < -0.4 is 4.74 Å². The molecule has 6 heteroatoms. The van der Waals surface area contributed by atoms with Gasteiger partial charge in [0.05, 0.1) is 5.75 Å². The molecule has 0 N–H and O–H groups in total. The molecule has 2 aromatic rings. The molecule has 0 aliphatic carbocycles. The summed E-state index contributed by atoms with van der Waals surface area (Å²) in [7, 11) is -3.28. The van der Waals surface area contributed by atoms with Crippen molar-refractivity contribution in [2.45, 2.75) is 19.8 Å². The fourth-order valence-electron chi connectivity index (χ4n) is 3.38. The van der Waals surface area contributed by atoms with Crippen LogP contribution in [0.5, 0.6) is 5.75 Å². The second kappa shape index (κ2) is 10.0. The molecule has 0 aromatic heterocycles. The van der Waals surface area contributed by atoms with Gasteiger partial charge in [-0.3, -0.25) is 0 Å². The van der Waals surface area contributed by atoms with Gasteiger partial charge in [0, 0.05) is 32.7 Å². The number of sulfonamides is 1. The predicted molar refractivity (Wildman–Crippen MR) is 113 cm³/mol. The molecule has 1 aliphatic rings. The van der Waals surface area contributed by atoms with Crippen molar-refractivity contribution in [2.24, 2.45) is 0 Å². The molecule has 28 heavy (non-hydrogen) atoms. The van der Waals surface area contributed by atoms with Crippen LogP contribution in [0.3, 0.4) is 0 Å². The zero-order valence-corrected chi connectivity index (χ0v) is 17.4. The third kappa shape index (κ3) is 6.06. The SMILES string of the molecule is CCc1ccc(OCCS(=O)(=O)N2CCN(CCc3ccccc3)CC2)cc1. The minimum Gasteiger partial charge on any atom is -0.492 e. The predicted octanol–water partition coefficient (Wildman–Crippen LogP) is 2.82. The quantitative estimate of drug-likeness (QED) is 0.647. The lowest BCUT2D eigenvalue weighted by molar-refractivity contribution is 0.189. The molecule has 0 atom stereocenters. The number of hydrogen-bond acceptors (Lipinski definition) is 4. The van der Waals surface area contributed by atoms with Crippen molar-refractivity contribution < 1.29 is 13.2 Å². The molecule has 1 heterocycles. The summed E-state index contributed by atoms with van der Waals surface area (Å²) in [5, 5.41) is 0. The molecule has 0 bridgehead atoms. The molecule has 0 radical (unpaired) electrons. The highest BCUT2D eigenvalue weighted by Gasteiger charge is 2.26. The highest BCUT2D eigenvalue weighted by molar-refractivity contribution is 7.89. The first-order chi connectivity index (χ1) is 13.6. The van der Waals surface area contributed by atoms with Gasteiger partial charge in [0.2, 0.25) is 10.0 Å². The van der Waals surface area contributed by atoms with Gasteiger partial charge >= 0.3 is 0 Å². The lowest BCUT2D eigenvalue weighted by Crippen LogP contribution is -2.50.